The number of hydrogen-bond donors (Lipinski definition) is 2. The number of imide groups is 2. The molecule has 3 rings (SSSR count). The summed E-state index contributed by atoms with van der Waals surface area (Å²) in [6, 6.07) is 3.38. The number of ether oxygens (including phenoxy) is 1. The number of benzene rings is 1. The number of anilines is 1. The van der Waals surface area contributed by atoms with Gasteiger partial charge in [0.15, 0.2) is 6.61 Å². The van der Waals surface area contributed by atoms with E-state index in [1.165, 1.54) is 6.92 Å². The van der Waals surface area contributed by atoms with Crippen LogP contribution < -0.4 is 10.6 Å². The van der Waals surface area contributed by atoms with Crippen LogP contribution in [-0.2, 0) is 23.9 Å². The van der Waals surface area contributed by atoms with Crippen molar-refractivity contribution in [1.82, 2.24) is 10.2 Å². The van der Waals surface area contributed by atoms with Gasteiger partial charge in [-0.05, 0) is 56.9 Å². The maximum atomic E-state index is 12.5. The van der Waals surface area contributed by atoms with Crippen molar-refractivity contribution in [3.05, 3.63) is 41.5 Å². The van der Waals surface area contributed by atoms with Crippen molar-refractivity contribution in [3.8, 4) is 0 Å². The predicted molar refractivity (Wildman–Crippen MR) is 111 cm³/mol. The SMILES string of the molecule is Cc1ccc(NC(=O)NC(=O)COC(=O)[C@H](C)N2C(=O)C3CC=CCC3C2=O)cc1C. The maximum Gasteiger partial charge on any atom is 0.329 e. The number of amides is 5. The Balaban J connectivity index is 1.49. The Kier molecular flexibility index (Phi) is 6.53. The molecule has 3 atom stereocenters. The molecular formula is C22H25N3O6. The van der Waals surface area contributed by atoms with Crippen molar-refractivity contribution < 1.29 is 28.7 Å². The highest BCUT2D eigenvalue weighted by atomic mass is 16.5. The van der Waals surface area contributed by atoms with Crippen molar-refractivity contribution in [2.24, 2.45) is 11.8 Å². The molecule has 5 amide bonds. The van der Waals surface area contributed by atoms with Gasteiger partial charge in [-0.25, -0.2) is 9.59 Å². The van der Waals surface area contributed by atoms with Gasteiger partial charge in [-0.2, -0.15) is 0 Å². The zero-order valence-electron chi connectivity index (χ0n) is 17.6. The van der Waals surface area contributed by atoms with Gasteiger partial charge >= 0.3 is 12.0 Å². The van der Waals surface area contributed by atoms with Crippen LogP contribution in [0.25, 0.3) is 0 Å². The number of hydrogen-bond acceptors (Lipinski definition) is 6. The molecule has 0 aromatic heterocycles. The molecule has 1 aromatic rings. The van der Waals surface area contributed by atoms with Crippen molar-refractivity contribution >= 4 is 35.4 Å². The molecule has 2 N–H and O–H groups in total. The molecular weight excluding hydrogens is 402 g/mol. The standard InChI is InChI=1S/C22H25N3O6/c1-12-8-9-15(10-13(12)2)23-22(30)24-18(26)11-31-21(29)14(3)25-19(27)16-6-4-5-7-17(16)20(25)28/h4-5,8-10,14,16-17H,6-7,11H2,1-3H3,(H2,23,24,26,30)/t14-,16?,17?/m0/s1. The number of carbonyl (C=O) groups is 5. The lowest BCUT2D eigenvalue weighted by Crippen LogP contribution is -2.45. The number of nitrogens with one attached hydrogen (secondary N) is 2. The third-order valence-corrected chi connectivity index (χ3v) is 5.63. The second-order valence-corrected chi connectivity index (χ2v) is 7.79. The molecule has 0 saturated carbocycles. The molecule has 164 valence electrons. The molecule has 31 heavy (non-hydrogen) atoms. The fourth-order valence-electron chi connectivity index (χ4n) is 3.71. The lowest BCUT2D eigenvalue weighted by Gasteiger charge is -2.21. The summed E-state index contributed by atoms with van der Waals surface area (Å²) >= 11 is 0. The zero-order chi connectivity index (χ0) is 22.7. The van der Waals surface area contributed by atoms with Crippen molar-refractivity contribution in [3.63, 3.8) is 0 Å². The highest BCUT2D eigenvalue weighted by Crippen LogP contribution is 2.36. The van der Waals surface area contributed by atoms with Crippen molar-refractivity contribution in [1.29, 1.82) is 0 Å². The van der Waals surface area contributed by atoms with Crippen LogP contribution in [0.5, 0.6) is 0 Å². The van der Waals surface area contributed by atoms with Gasteiger partial charge in [0.05, 0.1) is 11.8 Å². The Morgan fingerprint density at radius 2 is 1.68 bits per heavy atom. The number of aryl methyl sites for hydroxylation is 2. The second-order valence-electron chi connectivity index (χ2n) is 7.79. The van der Waals surface area contributed by atoms with Gasteiger partial charge in [0.1, 0.15) is 6.04 Å². The normalized spacial score (nSPS) is 20.8. The molecule has 1 saturated heterocycles. The third kappa shape index (κ3) is 4.82. The van der Waals surface area contributed by atoms with Crippen LogP contribution in [0.4, 0.5) is 10.5 Å². The van der Waals surface area contributed by atoms with Gasteiger partial charge in [-0.15, -0.1) is 0 Å². The lowest BCUT2D eigenvalue weighted by molar-refractivity contribution is -0.159. The van der Waals surface area contributed by atoms with E-state index >= 15 is 0 Å². The van der Waals surface area contributed by atoms with Crippen molar-refractivity contribution in [2.45, 2.75) is 39.7 Å². The van der Waals surface area contributed by atoms with E-state index in [1.54, 1.807) is 12.1 Å². The van der Waals surface area contributed by atoms with E-state index in [0.717, 1.165) is 16.0 Å². The van der Waals surface area contributed by atoms with Crippen LogP contribution in [0.15, 0.2) is 30.4 Å². The number of esters is 1. The van der Waals surface area contributed by atoms with Crippen LogP contribution in [0, 0.1) is 25.7 Å². The number of rotatable bonds is 5. The van der Waals surface area contributed by atoms with E-state index in [4.69, 9.17) is 4.74 Å². The van der Waals surface area contributed by atoms with Crippen LogP contribution in [0.3, 0.4) is 0 Å². The molecule has 0 radical (unpaired) electrons. The molecule has 1 aromatic carbocycles. The molecule has 9 heteroatoms. The highest BCUT2D eigenvalue weighted by molar-refractivity contribution is 6.08. The summed E-state index contributed by atoms with van der Waals surface area (Å²) in [5.41, 5.74) is 2.56. The lowest BCUT2D eigenvalue weighted by atomic mass is 9.85. The number of nitrogens with zero attached hydrogens (tertiary/aromatic N) is 1. The first-order chi connectivity index (χ1) is 14.7. The average molecular weight is 427 g/mol. The Hall–Kier alpha value is -3.49. The monoisotopic (exact) mass is 427 g/mol. The Morgan fingerprint density at radius 1 is 1.06 bits per heavy atom. The fraction of sp³-hybridized carbons (Fsp3) is 0.409. The van der Waals surface area contributed by atoms with Gasteiger partial charge in [0, 0.05) is 5.69 Å². The number of urea groups is 1. The third-order valence-electron chi connectivity index (χ3n) is 5.63. The first-order valence-electron chi connectivity index (χ1n) is 10.1. The van der Waals surface area contributed by atoms with Gasteiger partial charge in [0.25, 0.3) is 5.91 Å². The predicted octanol–water partition coefficient (Wildman–Crippen LogP) is 1.83. The molecule has 9 nitrogen and oxygen atoms in total. The molecule has 0 bridgehead atoms. The molecule has 1 aliphatic carbocycles. The van der Waals surface area contributed by atoms with Crippen LogP contribution in [0.1, 0.15) is 30.9 Å². The van der Waals surface area contributed by atoms with Gasteiger partial charge in [-0.1, -0.05) is 18.2 Å². The highest BCUT2D eigenvalue weighted by Gasteiger charge is 2.50. The Labute approximate surface area is 179 Å². The van der Waals surface area contributed by atoms with Crippen LogP contribution in [0.2, 0.25) is 0 Å². The quantitative estimate of drug-likeness (QED) is 0.420. The second kappa shape index (κ2) is 9.11. The van der Waals surface area contributed by atoms with Crippen molar-refractivity contribution in [2.75, 3.05) is 11.9 Å². The van der Waals surface area contributed by atoms with E-state index in [2.05, 4.69) is 10.6 Å². The average Bonchev–Trinajstić information content (AvgIpc) is 2.99. The van der Waals surface area contributed by atoms with E-state index in [0.29, 0.717) is 18.5 Å². The maximum absolute atomic E-state index is 12.5. The minimum atomic E-state index is -1.15. The summed E-state index contributed by atoms with van der Waals surface area (Å²) in [7, 11) is 0. The first-order valence-corrected chi connectivity index (χ1v) is 10.1. The Morgan fingerprint density at radius 3 is 2.26 bits per heavy atom. The summed E-state index contributed by atoms with van der Waals surface area (Å²) in [4.78, 5) is 62.2. The molecule has 0 spiro atoms. The Bertz CT molecular complexity index is 944. The number of carbonyl (C=O) groups excluding carboxylic acids is 5. The molecule has 2 aliphatic rings. The van der Waals surface area contributed by atoms with E-state index in [-0.39, 0.29) is 0 Å². The summed E-state index contributed by atoms with van der Waals surface area (Å²) in [5, 5.41) is 4.58. The van der Waals surface area contributed by atoms with Crippen LogP contribution >= 0.6 is 0 Å². The van der Waals surface area contributed by atoms with E-state index in [9.17, 15) is 24.0 Å². The topological polar surface area (TPSA) is 122 Å². The molecule has 1 heterocycles. The number of likely N-dealkylation sites (tertiary alicyclic amines) is 1. The summed E-state index contributed by atoms with van der Waals surface area (Å²) in [6.45, 7) is 4.50. The zero-order valence-corrected chi connectivity index (χ0v) is 17.6. The fourth-order valence-corrected chi connectivity index (χ4v) is 3.71. The minimum absolute atomic E-state index is 0.402. The summed E-state index contributed by atoms with van der Waals surface area (Å²) in [6.07, 6.45) is 4.63. The van der Waals surface area contributed by atoms with E-state index < -0.39 is 54.2 Å². The smallest absolute Gasteiger partial charge is 0.329 e. The summed E-state index contributed by atoms with van der Waals surface area (Å²) in [5.74, 6) is -3.44. The number of fused-ring (bicyclic) bond motifs is 1. The summed E-state index contributed by atoms with van der Waals surface area (Å²) < 4.78 is 4.92. The molecule has 1 aliphatic heterocycles. The van der Waals surface area contributed by atoms with Crippen LogP contribution in [-0.4, -0.2) is 47.3 Å². The molecule has 1 fully saturated rings. The van der Waals surface area contributed by atoms with Gasteiger partial charge in [0.2, 0.25) is 11.8 Å². The van der Waals surface area contributed by atoms with E-state index in [1.807, 2.05) is 32.1 Å². The van der Waals surface area contributed by atoms with Gasteiger partial charge in [-0.3, -0.25) is 24.6 Å². The van der Waals surface area contributed by atoms with Gasteiger partial charge < -0.3 is 10.1 Å². The number of allylic oxidation sites excluding steroid dienone is 2. The minimum Gasteiger partial charge on any atom is -0.454 e. The first kappa shape index (κ1) is 22.2. The molecule has 2 unspecified atom stereocenters. The largest absolute Gasteiger partial charge is 0.454 e.